The van der Waals surface area contributed by atoms with Crippen molar-refractivity contribution >= 4 is 11.5 Å². The fourth-order valence-corrected chi connectivity index (χ4v) is 1.96. The number of pyridine rings is 1. The van der Waals surface area contributed by atoms with Crippen molar-refractivity contribution in [1.82, 2.24) is 4.98 Å². The smallest absolute Gasteiger partial charge is 0.363 e. The second kappa shape index (κ2) is 4.44. The topological polar surface area (TPSA) is 94.1 Å². The van der Waals surface area contributed by atoms with Crippen molar-refractivity contribution in [2.24, 2.45) is 5.73 Å². The number of nitrogens with zero attached hydrogens (tertiary/aromatic N) is 2. The lowest BCUT2D eigenvalue weighted by Crippen LogP contribution is -2.35. The molecule has 6 heteroatoms. The third-order valence-electron chi connectivity index (χ3n) is 2.86. The molecule has 0 amide bonds. The highest BCUT2D eigenvalue weighted by molar-refractivity contribution is 5.44. The Labute approximate surface area is 93.0 Å². The van der Waals surface area contributed by atoms with Crippen molar-refractivity contribution in [3.63, 3.8) is 0 Å². The summed E-state index contributed by atoms with van der Waals surface area (Å²) >= 11 is 0. The summed E-state index contributed by atoms with van der Waals surface area (Å²) in [7, 11) is 0. The summed E-state index contributed by atoms with van der Waals surface area (Å²) in [6, 6.07) is 3.47. The lowest BCUT2D eigenvalue weighted by atomic mass is 10.2. The predicted molar refractivity (Wildman–Crippen MR) is 60.1 cm³/mol. The zero-order chi connectivity index (χ0) is 11.5. The van der Waals surface area contributed by atoms with E-state index in [1.165, 1.54) is 12.3 Å². The Hall–Kier alpha value is -1.69. The predicted octanol–water partition coefficient (Wildman–Crippen LogP) is 1.28. The van der Waals surface area contributed by atoms with Gasteiger partial charge in [0.15, 0.2) is 6.20 Å². The number of aromatic nitrogens is 1. The summed E-state index contributed by atoms with van der Waals surface area (Å²) in [5, 5.41) is 13.7. The fraction of sp³-hybridized carbons (Fsp3) is 0.500. The van der Waals surface area contributed by atoms with Crippen molar-refractivity contribution in [3.8, 4) is 0 Å². The molecule has 0 aromatic carbocycles. The van der Waals surface area contributed by atoms with Crippen LogP contribution < -0.4 is 11.1 Å². The van der Waals surface area contributed by atoms with Gasteiger partial charge in [-0.15, -0.1) is 0 Å². The molecule has 2 rings (SSSR count). The Balaban J connectivity index is 2.02. The van der Waals surface area contributed by atoms with E-state index in [4.69, 9.17) is 5.73 Å². The maximum Gasteiger partial charge on any atom is 0.363 e. The molecule has 1 aliphatic rings. The van der Waals surface area contributed by atoms with Gasteiger partial charge in [0.1, 0.15) is 0 Å². The Morgan fingerprint density at radius 1 is 1.50 bits per heavy atom. The lowest BCUT2D eigenvalue weighted by Gasteiger charge is -2.17. The second-order valence-corrected chi connectivity index (χ2v) is 4.01. The number of nitro groups is 1. The molecule has 3 N–H and O–H groups in total. The molecule has 1 fully saturated rings. The van der Waals surface area contributed by atoms with Crippen molar-refractivity contribution in [3.05, 3.63) is 28.4 Å². The van der Waals surface area contributed by atoms with Crippen LogP contribution in [0.3, 0.4) is 0 Å². The summed E-state index contributed by atoms with van der Waals surface area (Å²) < 4.78 is 0. The van der Waals surface area contributed by atoms with Crippen LogP contribution in [0, 0.1) is 10.1 Å². The first-order chi connectivity index (χ1) is 7.66. The normalized spacial score (nSPS) is 24.3. The van der Waals surface area contributed by atoms with Crippen LogP contribution in [0.5, 0.6) is 0 Å². The quantitative estimate of drug-likeness (QED) is 0.593. The number of hydrogen-bond acceptors (Lipinski definition) is 5. The number of anilines is 1. The number of nitrogens with two attached hydrogens (primary N) is 1. The molecule has 6 nitrogen and oxygen atoms in total. The Bertz CT molecular complexity index is 379. The van der Waals surface area contributed by atoms with E-state index in [9.17, 15) is 10.1 Å². The highest BCUT2D eigenvalue weighted by Crippen LogP contribution is 2.21. The maximum atomic E-state index is 10.4. The maximum absolute atomic E-state index is 10.4. The van der Waals surface area contributed by atoms with Gasteiger partial charge in [-0.3, -0.25) is 0 Å². The first-order valence-electron chi connectivity index (χ1n) is 5.29. The summed E-state index contributed by atoms with van der Waals surface area (Å²) in [5.41, 5.74) is 6.70. The summed E-state index contributed by atoms with van der Waals surface area (Å²) in [6.07, 6.45) is 4.67. The molecule has 0 spiro atoms. The van der Waals surface area contributed by atoms with Gasteiger partial charge < -0.3 is 21.2 Å². The molecular weight excluding hydrogens is 208 g/mol. The van der Waals surface area contributed by atoms with E-state index in [2.05, 4.69) is 10.3 Å². The number of rotatable bonds is 3. The zero-order valence-corrected chi connectivity index (χ0v) is 8.80. The molecule has 0 radical (unpaired) electrons. The SMILES string of the molecule is NC1CCCC1Nc1ccc([N+](=O)[O-])nc1. The average molecular weight is 222 g/mol. The summed E-state index contributed by atoms with van der Waals surface area (Å²) in [6.45, 7) is 0. The van der Waals surface area contributed by atoms with E-state index in [1.807, 2.05) is 0 Å². The highest BCUT2D eigenvalue weighted by atomic mass is 16.6. The van der Waals surface area contributed by atoms with Gasteiger partial charge in [0, 0.05) is 18.2 Å². The van der Waals surface area contributed by atoms with Gasteiger partial charge in [0.2, 0.25) is 0 Å². The highest BCUT2D eigenvalue weighted by Gasteiger charge is 2.23. The Kier molecular flexibility index (Phi) is 3.00. The van der Waals surface area contributed by atoms with Crippen LogP contribution in [0.1, 0.15) is 19.3 Å². The van der Waals surface area contributed by atoms with E-state index in [-0.39, 0.29) is 17.9 Å². The van der Waals surface area contributed by atoms with Gasteiger partial charge in [-0.25, -0.2) is 0 Å². The number of hydrogen-bond donors (Lipinski definition) is 2. The molecule has 1 aromatic heterocycles. The van der Waals surface area contributed by atoms with E-state index in [0.29, 0.717) is 0 Å². The van der Waals surface area contributed by atoms with E-state index in [0.717, 1.165) is 24.9 Å². The van der Waals surface area contributed by atoms with Gasteiger partial charge in [0.25, 0.3) is 0 Å². The van der Waals surface area contributed by atoms with Crippen LogP contribution in [0.15, 0.2) is 18.3 Å². The van der Waals surface area contributed by atoms with Crippen LogP contribution in [0.2, 0.25) is 0 Å². The zero-order valence-electron chi connectivity index (χ0n) is 8.80. The molecule has 1 aliphatic carbocycles. The molecule has 1 aromatic rings. The second-order valence-electron chi connectivity index (χ2n) is 4.01. The van der Waals surface area contributed by atoms with Crippen molar-refractivity contribution in [1.29, 1.82) is 0 Å². The third-order valence-corrected chi connectivity index (χ3v) is 2.86. The molecule has 2 atom stereocenters. The molecule has 0 aliphatic heterocycles. The van der Waals surface area contributed by atoms with Gasteiger partial charge in [-0.1, -0.05) is 0 Å². The molecule has 0 bridgehead atoms. The molecule has 86 valence electrons. The Morgan fingerprint density at radius 2 is 2.31 bits per heavy atom. The number of nitrogens with one attached hydrogen (secondary N) is 1. The first kappa shape index (κ1) is 10.8. The standard InChI is InChI=1S/C10H14N4O2/c11-8-2-1-3-9(8)13-7-4-5-10(12-6-7)14(15)16/h4-6,8-9,13H,1-3,11H2. The largest absolute Gasteiger partial charge is 0.378 e. The molecule has 1 saturated carbocycles. The Morgan fingerprint density at radius 3 is 2.81 bits per heavy atom. The molecule has 1 heterocycles. The molecular formula is C10H14N4O2. The van der Waals surface area contributed by atoms with Crippen molar-refractivity contribution in [2.45, 2.75) is 31.3 Å². The molecule has 2 unspecified atom stereocenters. The van der Waals surface area contributed by atoms with E-state index in [1.54, 1.807) is 6.07 Å². The molecule has 0 saturated heterocycles. The van der Waals surface area contributed by atoms with Gasteiger partial charge in [-0.2, -0.15) is 0 Å². The minimum atomic E-state index is -0.509. The first-order valence-corrected chi connectivity index (χ1v) is 5.29. The lowest BCUT2D eigenvalue weighted by molar-refractivity contribution is -0.389. The van der Waals surface area contributed by atoms with Crippen LogP contribution in [0.4, 0.5) is 11.5 Å². The van der Waals surface area contributed by atoms with Gasteiger partial charge in [-0.05, 0) is 35.2 Å². The minimum Gasteiger partial charge on any atom is -0.378 e. The van der Waals surface area contributed by atoms with Gasteiger partial charge in [0.05, 0.1) is 5.69 Å². The third kappa shape index (κ3) is 2.27. The minimum absolute atomic E-state index is 0.138. The molecule has 16 heavy (non-hydrogen) atoms. The van der Waals surface area contributed by atoms with Crippen LogP contribution in [-0.4, -0.2) is 22.0 Å². The summed E-state index contributed by atoms with van der Waals surface area (Å²) in [4.78, 5) is 13.6. The van der Waals surface area contributed by atoms with Crippen LogP contribution in [0.25, 0.3) is 0 Å². The van der Waals surface area contributed by atoms with E-state index >= 15 is 0 Å². The van der Waals surface area contributed by atoms with E-state index < -0.39 is 4.92 Å². The van der Waals surface area contributed by atoms with Crippen LogP contribution in [-0.2, 0) is 0 Å². The van der Waals surface area contributed by atoms with Gasteiger partial charge >= 0.3 is 5.82 Å². The van der Waals surface area contributed by atoms with Crippen LogP contribution >= 0.6 is 0 Å². The average Bonchev–Trinajstić information content (AvgIpc) is 2.65. The fourth-order valence-electron chi connectivity index (χ4n) is 1.96. The summed E-state index contributed by atoms with van der Waals surface area (Å²) in [5.74, 6) is -0.138. The monoisotopic (exact) mass is 222 g/mol. The van der Waals surface area contributed by atoms with Crippen molar-refractivity contribution < 1.29 is 4.92 Å². The van der Waals surface area contributed by atoms with Crippen molar-refractivity contribution in [2.75, 3.05) is 5.32 Å².